The summed E-state index contributed by atoms with van der Waals surface area (Å²) in [6, 6.07) is 154. The van der Waals surface area contributed by atoms with Gasteiger partial charge in [-0.1, -0.05) is 380 Å². The van der Waals surface area contributed by atoms with Gasteiger partial charge in [0.1, 0.15) is 11.2 Å². The summed E-state index contributed by atoms with van der Waals surface area (Å²) < 4.78 is 19.0. The van der Waals surface area contributed by atoms with Crippen LogP contribution in [-0.2, 0) is 0 Å². The van der Waals surface area contributed by atoms with Gasteiger partial charge in [0, 0.05) is 102 Å². The number of hydrogen-bond acceptors (Lipinski definition) is 2. The Bertz CT molecular complexity index is 9230. The molecule has 5 nitrogen and oxygen atoms in total. The molecule has 0 aliphatic heterocycles. The fourth-order valence-corrected chi connectivity index (χ4v) is 27.8. The molecule has 6 heterocycles. The third-order valence-corrected chi connectivity index (χ3v) is 34.8. The average Bonchev–Trinajstić information content (AvgIpc) is 1.60. The van der Waals surface area contributed by atoms with Crippen LogP contribution < -0.4 is 0 Å². The molecule has 0 bridgehead atoms. The molecule has 29 rings (SSSR count). The largest absolute Gasteiger partial charge is 0.456 e. The Morgan fingerprint density at radius 1 is 0.212 bits per heavy atom. The van der Waals surface area contributed by atoms with Gasteiger partial charge in [0.25, 0.3) is 0 Å². The molecular weight excluding hydrogens is 1790 g/mol. The van der Waals surface area contributed by atoms with E-state index >= 15 is 0 Å². The molecule has 4 fully saturated rings. The van der Waals surface area contributed by atoms with E-state index in [1.165, 1.54) is 353 Å². The summed E-state index contributed by atoms with van der Waals surface area (Å²) in [5, 5.41) is 16.0. The second kappa shape index (κ2) is 38.2. The molecule has 0 atom stereocenters. The van der Waals surface area contributed by atoms with Crippen LogP contribution in [0.1, 0.15) is 185 Å². The minimum atomic E-state index is 0.633. The van der Waals surface area contributed by atoms with Crippen LogP contribution in [0.3, 0.4) is 0 Å². The van der Waals surface area contributed by atoms with Crippen LogP contribution in [0.5, 0.6) is 0 Å². The van der Waals surface area contributed by atoms with Crippen LogP contribution in [0.25, 0.3) is 219 Å². The number of hydrogen-bond donors (Lipinski definition) is 0. The Morgan fingerprint density at radius 3 is 1.16 bits per heavy atom. The highest BCUT2D eigenvalue weighted by molar-refractivity contribution is 7.26. The SMILES string of the molecule is Cc1cccc2c1c1c(C3CCCCC3)cccc1n2-c1ccccc1-c1ccc(-c2ccc3c(c2)oc2ccccc23)cc1.Cc1cccc2c1c1c(C3CCCCC3)cccc1n2-c1ccccc1-c1ccc(-c2cccc3c4ccccc4n(-c4ccccc4)c23)cc1.c1cc(-c2ccccc2-n2c3cc(C4CCCCC4)ccc3c3ccc(C4CCCCC4)cc32)cc(-c2cccc3sc4ccccc4c23)c1. The lowest BCUT2D eigenvalue weighted by Crippen LogP contribution is -2.05. The van der Waals surface area contributed by atoms with Gasteiger partial charge in [-0.05, 0) is 276 Å². The molecule has 4 saturated carbocycles. The lowest BCUT2D eigenvalue weighted by Gasteiger charge is -2.23. The normalized spacial score (nSPS) is 14.8. The minimum Gasteiger partial charge on any atom is -0.456 e. The third-order valence-electron chi connectivity index (χ3n) is 33.6. The second-order valence-electron chi connectivity index (χ2n) is 42.1. The Kier molecular flexibility index (Phi) is 23.3. The number of furan rings is 1. The van der Waals surface area contributed by atoms with Gasteiger partial charge in [-0.3, -0.25) is 0 Å². The lowest BCUT2D eigenvalue weighted by atomic mass is 9.82. The summed E-state index contributed by atoms with van der Waals surface area (Å²) in [6.45, 7) is 4.56. The van der Waals surface area contributed by atoms with Crippen LogP contribution in [0.4, 0.5) is 0 Å². The van der Waals surface area contributed by atoms with E-state index in [-0.39, 0.29) is 0 Å². The van der Waals surface area contributed by atoms with Crippen molar-refractivity contribution in [2.45, 2.75) is 166 Å². The molecule has 6 aromatic heterocycles. The summed E-state index contributed by atoms with van der Waals surface area (Å²) in [5.74, 6) is 2.61. The van der Waals surface area contributed by atoms with E-state index in [1.54, 1.807) is 0 Å². The van der Waals surface area contributed by atoms with Gasteiger partial charge in [-0.15, -0.1) is 11.3 Å². The standard InChI is InChI=1S/C49H40N2.C48H43NS.C43H35NO/c1-33-15-12-27-45-47(33)48-39(34-16-4-2-5-17-34)22-14-28-46(48)51(45)43-25-10-8-20-38(43)35-29-31-36(32-30-35)40-23-13-24-42-41-21-9-11-26-44(41)50(49(40)42)37-18-6-3-7-19-37;1-3-13-32(14-4-1)34-25-27-40-41-28-26-35(33-15-5-2-6-16-33)31-45(41)49(44(40)30-34)43-22-9-7-19-38(43)36-17-11-18-37(29-36)39-21-12-24-47-48(39)42-20-8-10-23-46(42)50-47;1-28-11-9-18-38-42(28)43-34(30-12-3-2-4-13-30)16-10-19-39(43)44(38)37-17-7-5-14-33(37)31-23-21-29(22-24-31)32-25-26-36-35-15-6-8-20-40(35)45-41(36)27-32/h3,6-15,18-32,34H,2,4-5,16-17H2,1H3;7-12,17-33H,1-6,13-16H2;5-11,14-27,30H,2-4,12-13H2,1H3. The monoisotopic (exact) mass is 1900 g/mol. The number of fused-ring (bicyclic) bond motifs is 18. The van der Waals surface area contributed by atoms with Gasteiger partial charge in [-0.2, -0.15) is 0 Å². The smallest absolute Gasteiger partial charge is 0.136 e. The van der Waals surface area contributed by atoms with Gasteiger partial charge in [-0.25, -0.2) is 0 Å². The highest BCUT2D eigenvalue weighted by Crippen LogP contribution is 2.52. The number of aryl methyl sites for hydroxylation is 2. The molecule has 710 valence electrons. The van der Waals surface area contributed by atoms with E-state index in [1.807, 2.05) is 23.5 Å². The fraction of sp³-hybridized carbons (Fsp3) is 0.186. The van der Waals surface area contributed by atoms with Gasteiger partial charge < -0.3 is 22.7 Å². The Morgan fingerprint density at radius 2 is 0.589 bits per heavy atom. The molecule has 0 N–H and O–H groups in total. The van der Waals surface area contributed by atoms with Crippen molar-refractivity contribution in [1.29, 1.82) is 0 Å². The molecule has 0 radical (unpaired) electrons. The van der Waals surface area contributed by atoms with Crippen LogP contribution in [0, 0.1) is 13.8 Å². The highest BCUT2D eigenvalue weighted by Gasteiger charge is 2.30. The highest BCUT2D eigenvalue weighted by atomic mass is 32.1. The predicted octanol–water partition coefficient (Wildman–Crippen LogP) is 40.5. The first-order chi connectivity index (χ1) is 72.3. The van der Waals surface area contributed by atoms with Crippen LogP contribution in [0.15, 0.2) is 417 Å². The number of aromatic nitrogens is 4. The third kappa shape index (κ3) is 15.8. The summed E-state index contributed by atoms with van der Waals surface area (Å²) in [6.07, 6.45) is 26.7. The summed E-state index contributed by atoms with van der Waals surface area (Å²) in [5.41, 5.74) is 40.8. The Balaban J connectivity index is 0.000000109. The number of thiophene rings is 1. The van der Waals surface area contributed by atoms with Crippen LogP contribution in [-0.4, -0.2) is 18.3 Å². The predicted molar refractivity (Wildman–Crippen MR) is 622 cm³/mol. The van der Waals surface area contributed by atoms with E-state index in [4.69, 9.17) is 4.42 Å². The second-order valence-corrected chi connectivity index (χ2v) is 43.2. The maximum Gasteiger partial charge on any atom is 0.136 e. The molecule has 0 unspecified atom stereocenters. The van der Waals surface area contributed by atoms with Crippen molar-refractivity contribution in [2.24, 2.45) is 0 Å². The maximum absolute atomic E-state index is 6.19. The van der Waals surface area contributed by atoms with Crippen LogP contribution in [0.2, 0.25) is 0 Å². The molecule has 0 saturated heterocycles. The van der Waals surface area contributed by atoms with E-state index in [0.29, 0.717) is 23.7 Å². The van der Waals surface area contributed by atoms with Crippen molar-refractivity contribution < 1.29 is 4.42 Å². The van der Waals surface area contributed by atoms with Gasteiger partial charge in [0.15, 0.2) is 0 Å². The van der Waals surface area contributed by atoms with E-state index in [9.17, 15) is 0 Å². The van der Waals surface area contributed by atoms with Gasteiger partial charge in [0.05, 0.1) is 61.2 Å². The first-order valence-electron chi connectivity index (χ1n) is 53.9. The Labute approximate surface area is 858 Å². The lowest BCUT2D eigenvalue weighted by molar-refractivity contribution is 0.444. The van der Waals surface area contributed by atoms with Gasteiger partial charge >= 0.3 is 0 Å². The topological polar surface area (TPSA) is 32.9 Å². The van der Waals surface area contributed by atoms with Crippen LogP contribution >= 0.6 is 11.3 Å². The van der Waals surface area contributed by atoms with Crippen molar-refractivity contribution in [3.63, 3.8) is 0 Å². The zero-order valence-electron chi connectivity index (χ0n) is 83.3. The first-order valence-corrected chi connectivity index (χ1v) is 54.8. The molecule has 0 amide bonds. The van der Waals surface area contributed by atoms with Crippen molar-refractivity contribution in [3.8, 4) is 89.5 Å². The first kappa shape index (κ1) is 89.3. The average molecular weight is 1900 g/mol. The molecule has 4 aliphatic rings. The molecular formula is C140H118N4OS. The number of para-hydroxylation sites is 7. The number of rotatable bonds is 14. The molecule has 0 spiro atoms. The van der Waals surface area contributed by atoms with Crippen molar-refractivity contribution in [1.82, 2.24) is 18.3 Å². The van der Waals surface area contributed by atoms with Gasteiger partial charge in [0.2, 0.25) is 0 Å². The maximum atomic E-state index is 6.19. The summed E-state index contributed by atoms with van der Waals surface area (Å²) in [7, 11) is 0. The summed E-state index contributed by atoms with van der Waals surface area (Å²) >= 11 is 1.89. The van der Waals surface area contributed by atoms with E-state index in [0.717, 1.165) is 27.5 Å². The summed E-state index contributed by atoms with van der Waals surface area (Å²) in [4.78, 5) is 0. The van der Waals surface area contributed by atoms with Crippen molar-refractivity contribution in [3.05, 3.63) is 446 Å². The van der Waals surface area contributed by atoms with Crippen molar-refractivity contribution >= 4 is 141 Å². The Hall–Kier alpha value is -15.6. The number of nitrogens with zero attached hydrogens (tertiary/aromatic N) is 4. The molecule has 25 aromatic rings. The zero-order valence-corrected chi connectivity index (χ0v) is 84.1. The quantitative estimate of drug-likeness (QED) is 0.107. The zero-order chi connectivity index (χ0) is 96.8. The van der Waals surface area contributed by atoms with Crippen molar-refractivity contribution in [2.75, 3.05) is 0 Å². The molecule has 146 heavy (non-hydrogen) atoms. The molecule has 6 heteroatoms. The number of benzene rings is 19. The molecule has 4 aliphatic carbocycles. The van der Waals surface area contributed by atoms with E-state index < -0.39 is 0 Å². The minimum absolute atomic E-state index is 0.633. The molecule has 19 aromatic carbocycles. The van der Waals surface area contributed by atoms with E-state index in [2.05, 4.69) is 432 Å². The fourth-order valence-electron chi connectivity index (χ4n) is 26.6.